The Kier molecular flexibility index (Phi) is 3.63. The summed E-state index contributed by atoms with van der Waals surface area (Å²) in [6.45, 7) is 0. The lowest BCUT2D eigenvalue weighted by Gasteiger charge is -2.06. The highest BCUT2D eigenvalue weighted by atomic mass is 35.5. The Bertz CT molecular complexity index is 806. The smallest absolute Gasteiger partial charge is 0.218 e. The van der Waals surface area contributed by atoms with Crippen LogP contribution in [0.5, 0.6) is 0 Å². The van der Waals surface area contributed by atoms with Crippen molar-refractivity contribution < 1.29 is 0 Å². The number of hydrogen-bond donors (Lipinski definition) is 0. The van der Waals surface area contributed by atoms with Gasteiger partial charge in [0.05, 0.1) is 23.0 Å². The summed E-state index contributed by atoms with van der Waals surface area (Å²) in [7, 11) is 0. The van der Waals surface area contributed by atoms with Crippen LogP contribution >= 0.6 is 11.6 Å². The molecular weight excluding hydrogens is 282 g/mol. The standard InChI is InChI=1S/C17H10ClN3/c18-17-20-15(13-4-2-1-3-5-13)10-16(21-17)14-8-6-12(11-19)7-9-14/h1-10H. The van der Waals surface area contributed by atoms with E-state index in [1.807, 2.05) is 48.5 Å². The average Bonchev–Trinajstić information content (AvgIpc) is 2.55. The largest absolute Gasteiger partial charge is 0.223 e. The summed E-state index contributed by atoms with van der Waals surface area (Å²) >= 11 is 6.03. The second kappa shape index (κ2) is 5.74. The minimum absolute atomic E-state index is 0.204. The van der Waals surface area contributed by atoms with Gasteiger partial charge < -0.3 is 0 Å². The van der Waals surface area contributed by atoms with Gasteiger partial charge in [0.15, 0.2) is 0 Å². The van der Waals surface area contributed by atoms with Gasteiger partial charge in [-0.3, -0.25) is 0 Å². The molecule has 0 N–H and O–H groups in total. The van der Waals surface area contributed by atoms with Crippen LogP contribution in [0.2, 0.25) is 5.28 Å². The van der Waals surface area contributed by atoms with E-state index < -0.39 is 0 Å². The summed E-state index contributed by atoms with van der Waals surface area (Å²) < 4.78 is 0. The van der Waals surface area contributed by atoms with Crippen LogP contribution in [0, 0.1) is 11.3 Å². The van der Waals surface area contributed by atoms with Gasteiger partial charge in [-0.25, -0.2) is 9.97 Å². The molecular formula is C17H10ClN3. The predicted octanol–water partition coefficient (Wildman–Crippen LogP) is 4.34. The number of hydrogen-bond acceptors (Lipinski definition) is 3. The van der Waals surface area contributed by atoms with Crippen molar-refractivity contribution in [1.82, 2.24) is 9.97 Å². The van der Waals surface area contributed by atoms with Crippen LogP contribution in [0.1, 0.15) is 5.56 Å². The number of halogens is 1. The van der Waals surface area contributed by atoms with Crippen LogP contribution in [-0.4, -0.2) is 9.97 Å². The first-order valence-electron chi connectivity index (χ1n) is 6.37. The highest BCUT2D eigenvalue weighted by Crippen LogP contribution is 2.25. The van der Waals surface area contributed by atoms with Gasteiger partial charge in [-0.2, -0.15) is 5.26 Å². The SMILES string of the molecule is N#Cc1ccc(-c2cc(-c3ccccc3)nc(Cl)n2)cc1. The van der Waals surface area contributed by atoms with E-state index in [4.69, 9.17) is 16.9 Å². The quantitative estimate of drug-likeness (QED) is 0.660. The topological polar surface area (TPSA) is 49.6 Å². The molecule has 0 radical (unpaired) electrons. The molecule has 0 bridgehead atoms. The molecule has 0 aliphatic carbocycles. The van der Waals surface area contributed by atoms with E-state index >= 15 is 0 Å². The van der Waals surface area contributed by atoms with Crippen molar-refractivity contribution >= 4 is 11.6 Å². The zero-order valence-corrected chi connectivity index (χ0v) is 11.7. The Labute approximate surface area is 127 Å². The lowest BCUT2D eigenvalue weighted by Crippen LogP contribution is -1.91. The van der Waals surface area contributed by atoms with Crippen LogP contribution < -0.4 is 0 Å². The van der Waals surface area contributed by atoms with E-state index in [1.54, 1.807) is 12.1 Å². The molecule has 3 nitrogen and oxygen atoms in total. The van der Waals surface area contributed by atoms with Crippen molar-refractivity contribution in [3.63, 3.8) is 0 Å². The third kappa shape index (κ3) is 2.91. The summed E-state index contributed by atoms with van der Waals surface area (Å²) in [5, 5.41) is 9.04. The van der Waals surface area contributed by atoms with Gasteiger partial charge in [0.25, 0.3) is 0 Å². The van der Waals surface area contributed by atoms with Crippen molar-refractivity contribution in [3.05, 3.63) is 71.5 Å². The van der Waals surface area contributed by atoms with Gasteiger partial charge >= 0.3 is 0 Å². The molecule has 1 aromatic heterocycles. The molecule has 0 aliphatic rings. The van der Waals surface area contributed by atoms with Crippen molar-refractivity contribution in [2.45, 2.75) is 0 Å². The third-order valence-electron chi connectivity index (χ3n) is 3.08. The van der Waals surface area contributed by atoms with Gasteiger partial charge in [-0.1, -0.05) is 42.5 Å². The van der Waals surface area contributed by atoms with Crippen molar-refractivity contribution in [2.24, 2.45) is 0 Å². The highest BCUT2D eigenvalue weighted by Gasteiger charge is 2.07. The second-order valence-corrected chi connectivity index (χ2v) is 4.80. The number of nitrogens with zero attached hydrogens (tertiary/aromatic N) is 3. The normalized spacial score (nSPS) is 10.1. The molecule has 0 saturated heterocycles. The Morgan fingerprint density at radius 1 is 0.810 bits per heavy atom. The summed E-state index contributed by atoms with van der Waals surface area (Å²) in [4.78, 5) is 8.52. The Morgan fingerprint density at radius 3 is 1.95 bits per heavy atom. The minimum Gasteiger partial charge on any atom is -0.218 e. The van der Waals surface area contributed by atoms with Crippen LogP contribution in [0.3, 0.4) is 0 Å². The molecule has 3 rings (SSSR count). The zero-order chi connectivity index (χ0) is 14.7. The number of rotatable bonds is 2. The number of nitriles is 1. The predicted molar refractivity (Wildman–Crippen MR) is 82.6 cm³/mol. The second-order valence-electron chi connectivity index (χ2n) is 4.46. The fourth-order valence-electron chi connectivity index (χ4n) is 2.04. The van der Waals surface area contributed by atoms with E-state index in [0.717, 1.165) is 22.5 Å². The molecule has 0 saturated carbocycles. The summed E-state index contributed by atoms with van der Waals surface area (Å²) in [6.07, 6.45) is 0. The summed E-state index contributed by atoms with van der Waals surface area (Å²) in [5.74, 6) is 0. The minimum atomic E-state index is 0.204. The van der Waals surface area contributed by atoms with Crippen LogP contribution in [0.25, 0.3) is 22.5 Å². The molecule has 1 heterocycles. The van der Waals surface area contributed by atoms with Crippen molar-refractivity contribution in [2.75, 3.05) is 0 Å². The number of benzene rings is 2. The molecule has 2 aromatic carbocycles. The molecule has 100 valence electrons. The monoisotopic (exact) mass is 291 g/mol. The molecule has 0 aliphatic heterocycles. The van der Waals surface area contributed by atoms with E-state index in [0.29, 0.717) is 5.56 Å². The third-order valence-corrected chi connectivity index (χ3v) is 3.25. The highest BCUT2D eigenvalue weighted by molar-refractivity contribution is 6.28. The molecule has 21 heavy (non-hydrogen) atoms. The summed E-state index contributed by atoms with van der Waals surface area (Å²) in [6, 6.07) is 21.0. The van der Waals surface area contributed by atoms with Crippen LogP contribution in [-0.2, 0) is 0 Å². The lowest BCUT2D eigenvalue weighted by atomic mass is 10.1. The van der Waals surface area contributed by atoms with Crippen molar-refractivity contribution in [3.8, 4) is 28.6 Å². The first kappa shape index (κ1) is 13.3. The molecule has 3 aromatic rings. The van der Waals surface area contributed by atoms with Gasteiger partial charge in [0.2, 0.25) is 5.28 Å². The first-order valence-corrected chi connectivity index (χ1v) is 6.74. The Hall–Kier alpha value is -2.70. The maximum absolute atomic E-state index is 8.84. The summed E-state index contributed by atoms with van der Waals surface area (Å²) in [5.41, 5.74) is 4.00. The maximum Gasteiger partial charge on any atom is 0.223 e. The van der Waals surface area contributed by atoms with Gasteiger partial charge in [0.1, 0.15) is 0 Å². The molecule has 0 atom stereocenters. The number of aromatic nitrogens is 2. The molecule has 0 amide bonds. The molecule has 0 spiro atoms. The lowest BCUT2D eigenvalue weighted by molar-refractivity contribution is 1.18. The van der Waals surface area contributed by atoms with Gasteiger partial charge in [-0.05, 0) is 29.8 Å². The fraction of sp³-hybridized carbons (Fsp3) is 0. The fourth-order valence-corrected chi connectivity index (χ4v) is 2.22. The van der Waals surface area contributed by atoms with E-state index in [9.17, 15) is 0 Å². The van der Waals surface area contributed by atoms with Gasteiger partial charge in [-0.15, -0.1) is 0 Å². The zero-order valence-electron chi connectivity index (χ0n) is 11.0. The maximum atomic E-state index is 8.84. The molecule has 0 fully saturated rings. The first-order chi connectivity index (χ1) is 10.3. The van der Waals surface area contributed by atoms with E-state index in [1.165, 1.54) is 0 Å². The van der Waals surface area contributed by atoms with E-state index in [2.05, 4.69) is 16.0 Å². The molecule has 0 unspecified atom stereocenters. The average molecular weight is 292 g/mol. The van der Waals surface area contributed by atoms with E-state index in [-0.39, 0.29) is 5.28 Å². The van der Waals surface area contributed by atoms with Crippen molar-refractivity contribution in [1.29, 1.82) is 5.26 Å². The molecule has 4 heteroatoms. The van der Waals surface area contributed by atoms with Crippen LogP contribution in [0.4, 0.5) is 0 Å². The van der Waals surface area contributed by atoms with Gasteiger partial charge in [0, 0.05) is 11.1 Å². The Morgan fingerprint density at radius 2 is 1.38 bits per heavy atom. The Balaban J connectivity index is 2.07. The van der Waals surface area contributed by atoms with Crippen LogP contribution in [0.15, 0.2) is 60.7 Å².